The lowest BCUT2D eigenvalue weighted by atomic mass is 10.1. The second-order valence-electron chi connectivity index (χ2n) is 7.39. The number of carbonyl (C=O) groups excluding carboxylic acids is 2. The van der Waals surface area contributed by atoms with Crippen molar-refractivity contribution in [1.29, 1.82) is 0 Å². The van der Waals surface area contributed by atoms with E-state index >= 15 is 0 Å². The van der Waals surface area contributed by atoms with Gasteiger partial charge in [-0.25, -0.2) is 5.01 Å². The zero-order valence-electron chi connectivity index (χ0n) is 17.6. The molecule has 1 aliphatic heterocycles. The van der Waals surface area contributed by atoms with Crippen molar-refractivity contribution < 1.29 is 27.5 Å². The maximum absolute atomic E-state index is 13.0. The van der Waals surface area contributed by atoms with Crippen LogP contribution in [-0.4, -0.2) is 53.8 Å². The van der Waals surface area contributed by atoms with Crippen molar-refractivity contribution >= 4 is 17.5 Å². The Bertz CT molecular complexity index is 960. The number of ether oxygens (including phenoxy) is 1. The second-order valence-corrected chi connectivity index (χ2v) is 7.39. The van der Waals surface area contributed by atoms with E-state index in [1.54, 1.807) is 24.3 Å². The molecular weight excluding hydrogens is 423 g/mol. The Morgan fingerprint density at radius 1 is 1.06 bits per heavy atom. The van der Waals surface area contributed by atoms with E-state index in [2.05, 4.69) is 5.10 Å². The average Bonchev–Trinajstić information content (AvgIpc) is 3.27. The van der Waals surface area contributed by atoms with Crippen molar-refractivity contribution in [2.75, 3.05) is 20.2 Å². The molecule has 0 bridgehead atoms. The van der Waals surface area contributed by atoms with Crippen molar-refractivity contribution in [3.63, 3.8) is 0 Å². The molecule has 0 saturated carbocycles. The summed E-state index contributed by atoms with van der Waals surface area (Å²) in [7, 11) is 1.48. The predicted octanol–water partition coefficient (Wildman–Crippen LogP) is 4.00. The summed E-state index contributed by atoms with van der Waals surface area (Å²) in [5.41, 5.74) is 2.21. The molecule has 0 fully saturated rings. The normalized spacial score (nSPS) is 13.6. The van der Waals surface area contributed by atoms with Crippen molar-refractivity contribution in [2.45, 2.75) is 32.0 Å². The lowest BCUT2D eigenvalue weighted by Crippen LogP contribution is -2.39. The summed E-state index contributed by atoms with van der Waals surface area (Å²) in [6.07, 6.45) is -4.49. The number of halogens is 3. The molecule has 6 nitrogen and oxygen atoms in total. The van der Waals surface area contributed by atoms with E-state index in [9.17, 15) is 22.8 Å². The van der Waals surface area contributed by atoms with Gasteiger partial charge >= 0.3 is 6.18 Å². The molecule has 32 heavy (non-hydrogen) atoms. The van der Waals surface area contributed by atoms with Gasteiger partial charge in [-0.2, -0.15) is 18.3 Å². The zero-order chi connectivity index (χ0) is 23.1. The number of amides is 2. The number of rotatable bonds is 8. The molecule has 0 atom stereocenters. The first-order valence-electron chi connectivity index (χ1n) is 10.2. The SMILES string of the molecule is COc1ccc(CN(CC(F)(F)F)C(=O)CCC(=O)N2CCC(c3ccccc3)=N2)cc1. The number of hydrogen-bond donors (Lipinski definition) is 0. The van der Waals surface area contributed by atoms with Crippen LogP contribution in [0.5, 0.6) is 5.75 Å². The van der Waals surface area contributed by atoms with Crippen molar-refractivity contribution in [2.24, 2.45) is 5.10 Å². The number of hydrogen-bond acceptors (Lipinski definition) is 4. The molecule has 3 rings (SSSR count). The molecule has 170 valence electrons. The van der Waals surface area contributed by atoms with E-state index in [-0.39, 0.29) is 25.3 Å². The zero-order valence-corrected chi connectivity index (χ0v) is 17.6. The van der Waals surface area contributed by atoms with Gasteiger partial charge in [0.25, 0.3) is 0 Å². The van der Waals surface area contributed by atoms with Gasteiger partial charge in [0.1, 0.15) is 12.3 Å². The van der Waals surface area contributed by atoms with Gasteiger partial charge in [-0.15, -0.1) is 0 Å². The van der Waals surface area contributed by atoms with Crippen LogP contribution in [0.2, 0.25) is 0 Å². The standard InChI is InChI=1S/C23H24F3N3O3/c1-32-19-9-7-17(8-10-19)15-28(16-23(24,25)26)21(30)11-12-22(31)29-14-13-20(27-29)18-5-3-2-4-6-18/h2-10H,11-16H2,1H3. The third-order valence-corrected chi connectivity index (χ3v) is 5.00. The summed E-state index contributed by atoms with van der Waals surface area (Å²) in [5, 5.41) is 5.59. The highest BCUT2D eigenvalue weighted by Gasteiger charge is 2.33. The summed E-state index contributed by atoms with van der Waals surface area (Å²) < 4.78 is 44.1. The number of alkyl halides is 3. The molecule has 9 heteroatoms. The van der Waals surface area contributed by atoms with Gasteiger partial charge in [-0.05, 0) is 23.3 Å². The summed E-state index contributed by atoms with van der Waals surface area (Å²) in [4.78, 5) is 25.7. The molecule has 0 aliphatic carbocycles. The molecule has 0 spiro atoms. The fourth-order valence-electron chi connectivity index (χ4n) is 3.37. The van der Waals surface area contributed by atoms with Crippen LogP contribution in [0.4, 0.5) is 13.2 Å². The van der Waals surface area contributed by atoms with E-state index < -0.39 is 18.6 Å². The van der Waals surface area contributed by atoms with Gasteiger partial charge in [0, 0.05) is 25.8 Å². The first-order valence-corrected chi connectivity index (χ1v) is 10.2. The number of nitrogens with zero attached hydrogens (tertiary/aromatic N) is 3. The highest BCUT2D eigenvalue weighted by molar-refractivity contribution is 6.02. The Labute approximate surface area is 184 Å². The van der Waals surface area contributed by atoms with Gasteiger partial charge < -0.3 is 9.64 Å². The molecule has 1 heterocycles. The lowest BCUT2D eigenvalue weighted by Gasteiger charge is -2.24. The Kier molecular flexibility index (Phi) is 7.50. The highest BCUT2D eigenvalue weighted by atomic mass is 19.4. The number of hydrazone groups is 1. The summed E-state index contributed by atoms with van der Waals surface area (Å²) >= 11 is 0. The molecule has 2 aromatic carbocycles. The van der Waals surface area contributed by atoms with Crippen LogP contribution in [0.1, 0.15) is 30.4 Å². The van der Waals surface area contributed by atoms with Crippen LogP contribution in [0.25, 0.3) is 0 Å². The minimum Gasteiger partial charge on any atom is -0.497 e. The number of methoxy groups -OCH3 is 1. The Hall–Kier alpha value is -3.36. The minimum atomic E-state index is -4.55. The first-order chi connectivity index (χ1) is 15.2. The van der Waals surface area contributed by atoms with E-state index in [0.717, 1.165) is 16.2 Å². The van der Waals surface area contributed by atoms with Crippen LogP contribution in [0.15, 0.2) is 59.7 Å². The van der Waals surface area contributed by atoms with Crippen LogP contribution in [0, 0.1) is 0 Å². The summed E-state index contributed by atoms with van der Waals surface area (Å²) in [6.45, 7) is -1.21. The summed E-state index contributed by atoms with van der Waals surface area (Å²) in [6, 6.07) is 15.9. The van der Waals surface area contributed by atoms with E-state index in [4.69, 9.17) is 4.74 Å². The highest BCUT2D eigenvalue weighted by Crippen LogP contribution is 2.21. The van der Waals surface area contributed by atoms with Crippen LogP contribution in [0.3, 0.4) is 0 Å². The maximum Gasteiger partial charge on any atom is 0.406 e. The lowest BCUT2D eigenvalue weighted by molar-refractivity contribution is -0.162. The second kappa shape index (κ2) is 10.3. The minimum absolute atomic E-state index is 0.207. The van der Waals surface area contributed by atoms with Crippen molar-refractivity contribution in [3.8, 4) is 5.75 Å². The van der Waals surface area contributed by atoms with E-state index in [1.807, 2.05) is 30.3 Å². The molecule has 0 radical (unpaired) electrons. The number of benzene rings is 2. The molecule has 1 aliphatic rings. The molecule has 0 unspecified atom stereocenters. The quantitative estimate of drug-likeness (QED) is 0.615. The molecule has 2 aromatic rings. The summed E-state index contributed by atoms with van der Waals surface area (Å²) in [5.74, 6) is -0.562. The monoisotopic (exact) mass is 447 g/mol. The van der Waals surface area contributed by atoms with Gasteiger partial charge in [0.05, 0.1) is 19.4 Å². The predicted molar refractivity (Wildman–Crippen MR) is 113 cm³/mol. The van der Waals surface area contributed by atoms with Crippen molar-refractivity contribution in [1.82, 2.24) is 9.91 Å². The maximum atomic E-state index is 13.0. The molecule has 0 aromatic heterocycles. The third kappa shape index (κ3) is 6.57. The van der Waals surface area contributed by atoms with Crippen LogP contribution in [-0.2, 0) is 16.1 Å². The van der Waals surface area contributed by atoms with Gasteiger partial charge in [-0.1, -0.05) is 42.5 Å². The molecule has 0 N–H and O–H groups in total. The van der Waals surface area contributed by atoms with Crippen LogP contribution < -0.4 is 4.74 Å². The number of carbonyl (C=O) groups is 2. The van der Waals surface area contributed by atoms with Crippen LogP contribution >= 0.6 is 0 Å². The smallest absolute Gasteiger partial charge is 0.406 e. The topological polar surface area (TPSA) is 62.2 Å². The molecule has 2 amide bonds. The third-order valence-electron chi connectivity index (χ3n) is 5.00. The van der Waals surface area contributed by atoms with Gasteiger partial charge in [0.2, 0.25) is 11.8 Å². The average molecular weight is 447 g/mol. The Morgan fingerprint density at radius 3 is 2.38 bits per heavy atom. The van der Waals surface area contributed by atoms with E-state index in [0.29, 0.717) is 24.3 Å². The van der Waals surface area contributed by atoms with Gasteiger partial charge in [-0.3, -0.25) is 9.59 Å². The molecular formula is C23H24F3N3O3. The van der Waals surface area contributed by atoms with E-state index in [1.165, 1.54) is 12.1 Å². The Balaban J connectivity index is 1.60. The Morgan fingerprint density at radius 2 is 1.75 bits per heavy atom. The molecule has 0 saturated heterocycles. The fourth-order valence-corrected chi connectivity index (χ4v) is 3.37. The van der Waals surface area contributed by atoms with Crippen molar-refractivity contribution in [3.05, 3.63) is 65.7 Å². The first kappa shape index (κ1) is 23.3. The fraction of sp³-hybridized carbons (Fsp3) is 0.348. The van der Waals surface area contributed by atoms with Gasteiger partial charge in [0.15, 0.2) is 0 Å². The largest absolute Gasteiger partial charge is 0.497 e.